The van der Waals surface area contributed by atoms with Crippen molar-refractivity contribution in [3.05, 3.63) is 47.8 Å². The van der Waals surface area contributed by atoms with Crippen molar-refractivity contribution in [3.63, 3.8) is 0 Å². The molecule has 1 aliphatic heterocycles. The maximum absolute atomic E-state index is 12.4. The van der Waals surface area contributed by atoms with Crippen LogP contribution in [0.25, 0.3) is 0 Å². The van der Waals surface area contributed by atoms with Gasteiger partial charge >= 0.3 is 0 Å². The number of nitrogens with zero attached hydrogens (tertiary/aromatic N) is 3. The number of benzene rings is 1. The highest BCUT2D eigenvalue weighted by molar-refractivity contribution is 5.92. The molecule has 3 rings (SSSR count). The lowest BCUT2D eigenvalue weighted by atomic mass is 9.94. The number of hydrogen-bond donors (Lipinski definition) is 1. The van der Waals surface area contributed by atoms with E-state index in [4.69, 9.17) is 4.74 Å². The molecule has 1 saturated heterocycles. The summed E-state index contributed by atoms with van der Waals surface area (Å²) in [5.41, 5.74) is 1.50. The molecular formula is C19H26N4O2. The fourth-order valence-corrected chi connectivity index (χ4v) is 3.22. The van der Waals surface area contributed by atoms with Crippen molar-refractivity contribution in [2.45, 2.75) is 57.7 Å². The zero-order valence-electron chi connectivity index (χ0n) is 14.9. The van der Waals surface area contributed by atoms with Crippen molar-refractivity contribution < 1.29 is 9.53 Å². The number of aromatic nitrogens is 3. The van der Waals surface area contributed by atoms with Crippen molar-refractivity contribution in [2.24, 2.45) is 0 Å². The van der Waals surface area contributed by atoms with E-state index in [1.165, 1.54) is 5.56 Å². The quantitative estimate of drug-likeness (QED) is 0.876. The lowest BCUT2D eigenvalue weighted by molar-refractivity contribution is -0.0615. The van der Waals surface area contributed by atoms with Gasteiger partial charge in [-0.25, -0.2) is 0 Å². The Morgan fingerprint density at radius 3 is 2.92 bits per heavy atom. The second kappa shape index (κ2) is 7.78. The Hall–Kier alpha value is -2.21. The molecule has 1 unspecified atom stereocenters. The van der Waals surface area contributed by atoms with Gasteiger partial charge in [-0.3, -0.25) is 9.48 Å². The van der Waals surface area contributed by atoms with Crippen LogP contribution in [-0.4, -0.2) is 39.2 Å². The Bertz CT molecular complexity index is 696. The molecule has 2 heterocycles. The summed E-state index contributed by atoms with van der Waals surface area (Å²) in [7, 11) is 0. The number of hydrogen-bond acceptors (Lipinski definition) is 4. The molecule has 1 atom stereocenters. The fourth-order valence-electron chi connectivity index (χ4n) is 3.22. The number of rotatable bonds is 6. The predicted octanol–water partition coefficient (Wildman–Crippen LogP) is 2.60. The highest BCUT2D eigenvalue weighted by atomic mass is 16.5. The second-order valence-corrected chi connectivity index (χ2v) is 7.23. The van der Waals surface area contributed by atoms with Crippen molar-refractivity contribution in [3.8, 4) is 0 Å². The third-order valence-corrected chi connectivity index (χ3v) is 4.50. The maximum atomic E-state index is 12.4. The topological polar surface area (TPSA) is 69.0 Å². The van der Waals surface area contributed by atoms with E-state index >= 15 is 0 Å². The lowest BCUT2D eigenvalue weighted by Gasteiger charge is -2.35. The van der Waals surface area contributed by atoms with E-state index in [0.29, 0.717) is 12.3 Å². The van der Waals surface area contributed by atoms with Gasteiger partial charge in [-0.1, -0.05) is 35.5 Å². The minimum absolute atomic E-state index is 0.125. The van der Waals surface area contributed by atoms with Gasteiger partial charge in [-0.05, 0) is 45.1 Å². The van der Waals surface area contributed by atoms with Crippen LogP contribution in [0.4, 0.5) is 0 Å². The molecule has 0 spiro atoms. The van der Waals surface area contributed by atoms with Crippen LogP contribution in [0.15, 0.2) is 36.5 Å². The first kappa shape index (κ1) is 17.6. The molecule has 1 aliphatic rings. The first-order chi connectivity index (χ1) is 12.0. The minimum atomic E-state index is -0.189. The van der Waals surface area contributed by atoms with Gasteiger partial charge in [0.15, 0.2) is 5.69 Å². The van der Waals surface area contributed by atoms with E-state index < -0.39 is 0 Å². The second-order valence-electron chi connectivity index (χ2n) is 7.23. The van der Waals surface area contributed by atoms with E-state index in [2.05, 4.69) is 27.8 Å². The first-order valence-electron chi connectivity index (χ1n) is 8.91. The van der Waals surface area contributed by atoms with Crippen molar-refractivity contribution in [1.82, 2.24) is 20.3 Å². The van der Waals surface area contributed by atoms with Gasteiger partial charge in [-0.15, -0.1) is 5.10 Å². The summed E-state index contributed by atoms with van der Waals surface area (Å²) in [6.45, 7) is 5.52. The third kappa shape index (κ3) is 5.13. The average Bonchev–Trinajstić information content (AvgIpc) is 3.04. The smallest absolute Gasteiger partial charge is 0.273 e. The number of aryl methyl sites for hydroxylation is 2. The van der Waals surface area contributed by atoms with Gasteiger partial charge < -0.3 is 10.1 Å². The molecule has 134 valence electrons. The predicted molar refractivity (Wildman–Crippen MR) is 95.3 cm³/mol. The van der Waals surface area contributed by atoms with Gasteiger partial charge in [0, 0.05) is 19.2 Å². The van der Waals surface area contributed by atoms with Crippen molar-refractivity contribution in [1.29, 1.82) is 0 Å². The third-order valence-electron chi connectivity index (χ3n) is 4.50. The summed E-state index contributed by atoms with van der Waals surface area (Å²) in [4.78, 5) is 12.4. The number of ether oxygens (including phenoxy) is 1. The Morgan fingerprint density at radius 1 is 1.36 bits per heavy atom. The monoisotopic (exact) mass is 342 g/mol. The van der Waals surface area contributed by atoms with Crippen molar-refractivity contribution in [2.75, 3.05) is 6.61 Å². The Labute approximate surface area is 148 Å². The molecule has 2 aromatic rings. The molecule has 6 nitrogen and oxygen atoms in total. The van der Waals surface area contributed by atoms with Gasteiger partial charge in [0.25, 0.3) is 5.91 Å². The molecule has 0 bridgehead atoms. The van der Waals surface area contributed by atoms with E-state index in [0.717, 1.165) is 32.2 Å². The van der Waals surface area contributed by atoms with Crippen LogP contribution in [0.1, 0.15) is 49.2 Å². The van der Waals surface area contributed by atoms with Crippen LogP contribution in [0.3, 0.4) is 0 Å². The molecule has 0 aliphatic carbocycles. The van der Waals surface area contributed by atoms with Crippen LogP contribution >= 0.6 is 0 Å². The van der Waals surface area contributed by atoms with Crippen molar-refractivity contribution >= 4 is 5.91 Å². The van der Waals surface area contributed by atoms with Crippen LogP contribution in [-0.2, 0) is 17.7 Å². The van der Waals surface area contributed by atoms with Crippen LogP contribution in [0.2, 0.25) is 0 Å². The summed E-state index contributed by atoms with van der Waals surface area (Å²) < 4.78 is 7.43. The molecule has 6 heteroatoms. The zero-order chi connectivity index (χ0) is 17.7. The maximum Gasteiger partial charge on any atom is 0.273 e. The van der Waals surface area contributed by atoms with E-state index in [1.54, 1.807) is 10.9 Å². The van der Waals surface area contributed by atoms with Crippen LogP contribution in [0.5, 0.6) is 0 Å². The molecule has 1 N–H and O–H groups in total. The van der Waals surface area contributed by atoms with Gasteiger partial charge in [-0.2, -0.15) is 0 Å². The molecule has 1 amide bonds. The van der Waals surface area contributed by atoms with Gasteiger partial charge in [0.2, 0.25) is 0 Å². The normalized spacial score (nSPS) is 19.5. The summed E-state index contributed by atoms with van der Waals surface area (Å²) in [5.74, 6) is -0.156. The minimum Gasteiger partial charge on any atom is -0.375 e. The molecule has 25 heavy (non-hydrogen) atoms. The summed E-state index contributed by atoms with van der Waals surface area (Å²) >= 11 is 0. The number of nitrogens with one attached hydrogen (secondary N) is 1. The number of carbonyl (C=O) groups is 1. The van der Waals surface area contributed by atoms with Gasteiger partial charge in [0.05, 0.1) is 11.8 Å². The molecule has 0 saturated carbocycles. The number of carbonyl (C=O) groups excluding carboxylic acids is 1. The van der Waals surface area contributed by atoms with Crippen LogP contribution in [0, 0.1) is 0 Å². The fraction of sp³-hybridized carbons (Fsp3) is 0.526. The van der Waals surface area contributed by atoms with E-state index in [9.17, 15) is 4.79 Å². The largest absolute Gasteiger partial charge is 0.375 e. The molecule has 0 radical (unpaired) electrons. The molecule has 1 fully saturated rings. The Kier molecular flexibility index (Phi) is 5.48. The lowest BCUT2D eigenvalue weighted by Crippen LogP contribution is -2.45. The molecule has 1 aromatic carbocycles. The first-order valence-corrected chi connectivity index (χ1v) is 8.91. The summed E-state index contributed by atoms with van der Waals surface area (Å²) in [6.07, 6.45) is 5.32. The molecule has 1 aromatic heterocycles. The highest BCUT2D eigenvalue weighted by Crippen LogP contribution is 2.24. The molecular weight excluding hydrogens is 316 g/mol. The van der Waals surface area contributed by atoms with Crippen LogP contribution < -0.4 is 5.32 Å². The SMILES string of the molecule is CC1(C)CC(NC(=O)c2cn(CCCc3ccccc3)nn2)CCO1. The summed E-state index contributed by atoms with van der Waals surface area (Å²) in [5, 5.41) is 11.1. The highest BCUT2D eigenvalue weighted by Gasteiger charge is 2.30. The standard InChI is InChI=1S/C19H26N4O2/c1-19(2)13-16(10-12-25-19)20-18(24)17-14-23(22-21-17)11-6-9-15-7-4-3-5-8-15/h3-5,7-8,14,16H,6,9-13H2,1-2H3,(H,20,24). The zero-order valence-corrected chi connectivity index (χ0v) is 14.9. The number of amides is 1. The Balaban J connectivity index is 1.48. The Morgan fingerprint density at radius 2 is 2.16 bits per heavy atom. The van der Waals surface area contributed by atoms with Gasteiger partial charge in [0.1, 0.15) is 0 Å². The summed E-state index contributed by atoms with van der Waals surface area (Å²) in [6, 6.07) is 10.5. The van der Waals surface area contributed by atoms with E-state index in [1.807, 2.05) is 32.0 Å². The van der Waals surface area contributed by atoms with E-state index in [-0.39, 0.29) is 17.6 Å². The average molecular weight is 342 g/mol.